The number of rotatable bonds is 5. The summed E-state index contributed by atoms with van der Waals surface area (Å²) in [4.78, 5) is 26.2. The Kier molecular flexibility index (Phi) is 4.71. The summed E-state index contributed by atoms with van der Waals surface area (Å²) in [5.74, 6) is -0.249. The second-order valence-corrected chi connectivity index (χ2v) is 5.86. The average molecular weight is 308 g/mol. The van der Waals surface area contributed by atoms with E-state index >= 15 is 0 Å². The lowest BCUT2D eigenvalue weighted by Crippen LogP contribution is -2.32. The van der Waals surface area contributed by atoms with Crippen LogP contribution in [-0.2, 0) is 22.7 Å². The van der Waals surface area contributed by atoms with E-state index in [0.717, 1.165) is 11.1 Å². The van der Waals surface area contributed by atoms with Crippen LogP contribution in [0, 0.1) is 5.92 Å². The molecule has 0 spiro atoms. The van der Waals surface area contributed by atoms with Gasteiger partial charge in [0.05, 0.1) is 5.92 Å². The van der Waals surface area contributed by atoms with Crippen LogP contribution in [0.2, 0.25) is 0 Å². The predicted molar refractivity (Wildman–Crippen MR) is 88.3 cm³/mol. The number of hydrogen-bond acceptors (Lipinski definition) is 2. The Morgan fingerprint density at radius 1 is 1.00 bits per heavy atom. The van der Waals surface area contributed by atoms with Gasteiger partial charge in [-0.05, 0) is 11.1 Å². The van der Waals surface area contributed by atoms with Gasteiger partial charge in [0, 0.05) is 26.1 Å². The maximum atomic E-state index is 12.3. The van der Waals surface area contributed by atoms with E-state index in [9.17, 15) is 9.59 Å². The zero-order valence-electron chi connectivity index (χ0n) is 12.9. The summed E-state index contributed by atoms with van der Waals surface area (Å²) in [6.45, 7) is 1.57. The quantitative estimate of drug-likeness (QED) is 0.922. The van der Waals surface area contributed by atoms with Crippen LogP contribution in [0.1, 0.15) is 17.5 Å². The van der Waals surface area contributed by atoms with E-state index in [1.54, 1.807) is 4.90 Å². The molecule has 1 saturated heterocycles. The highest BCUT2D eigenvalue weighted by Crippen LogP contribution is 2.20. The molecule has 0 aromatic heterocycles. The molecular weight excluding hydrogens is 288 g/mol. The molecule has 1 atom stereocenters. The van der Waals surface area contributed by atoms with Gasteiger partial charge in [0.15, 0.2) is 0 Å². The first-order valence-electron chi connectivity index (χ1n) is 7.86. The largest absolute Gasteiger partial charge is 0.352 e. The van der Waals surface area contributed by atoms with Crippen molar-refractivity contribution < 1.29 is 9.59 Å². The molecule has 3 rings (SSSR count). The molecule has 4 heteroatoms. The van der Waals surface area contributed by atoms with Crippen molar-refractivity contribution in [2.45, 2.75) is 19.5 Å². The first-order valence-corrected chi connectivity index (χ1v) is 7.86. The van der Waals surface area contributed by atoms with E-state index in [0.29, 0.717) is 26.1 Å². The zero-order valence-corrected chi connectivity index (χ0v) is 12.9. The van der Waals surface area contributed by atoms with Crippen LogP contribution < -0.4 is 5.32 Å². The van der Waals surface area contributed by atoms with E-state index in [2.05, 4.69) is 5.32 Å². The van der Waals surface area contributed by atoms with Crippen LogP contribution >= 0.6 is 0 Å². The van der Waals surface area contributed by atoms with Crippen LogP contribution in [0.25, 0.3) is 0 Å². The Morgan fingerprint density at radius 3 is 2.26 bits per heavy atom. The number of likely N-dealkylation sites (tertiary alicyclic amines) is 1. The first-order chi connectivity index (χ1) is 11.2. The topological polar surface area (TPSA) is 49.4 Å². The molecule has 0 aliphatic carbocycles. The molecule has 1 N–H and O–H groups in total. The molecule has 0 radical (unpaired) electrons. The Labute approximate surface area is 136 Å². The van der Waals surface area contributed by atoms with Crippen molar-refractivity contribution in [3.05, 3.63) is 71.8 Å². The number of carbonyl (C=O) groups excluding carboxylic acids is 2. The van der Waals surface area contributed by atoms with Gasteiger partial charge in [-0.15, -0.1) is 0 Å². The Bertz CT molecular complexity index is 670. The molecule has 4 nitrogen and oxygen atoms in total. The SMILES string of the molecule is O=C(NCc1ccccc1)[C@H]1CC(=O)N(Cc2ccccc2)C1. The third kappa shape index (κ3) is 3.97. The van der Waals surface area contributed by atoms with Gasteiger partial charge >= 0.3 is 0 Å². The standard InChI is InChI=1S/C19H20N2O2/c22-18-11-17(14-21(18)13-16-9-5-2-6-10-16)19(23)20-12-15-7-3-1-4-8-15/h1-10,17H,11-14H2,(H,20,23)/t17-/m0/s1. The molecule has 1 fully saturated rings. The minimum Gasteiger partial charge on any atom is -0.352 e. The Hall–Kier alpha value is -2.62. The molecule has 23 heavy (non-hydrogen) atoms. The van der Waals surface area contributed by atoms with Crippen molar-refractivity contribution >= 4 is 11.8 Å². The number of carbonyl (C=O) groups is 2. The number of nitrogens with zero attached hydrogens (tertiary/aromatic N) is 1. The van der Waals surface area contributed by atoms with Gasteiger partial charge in [0.2, 0.25) is 11.8 Å². The van der Waals surface area contributed by atoms with Gasteiger partial charge in [0.1, 0.15) is 0 Å². The fourth-order valence-electron chi connectivity index (χ4n) is 2.83. The van der Waals surface area contributed by atoms with E-state index in [1.165, 1.54) is 0 Å². The fraction of sp³-hybridized carbons (Fsp3) is 0.263. The average Bonchev–Trinajstić information content (AvgIpc) is 2.95. The van der Waals surface area contributed by atoms with E-state index in [-0.39, 0.29) is 17.7 Å². The van der Waals surface area contributed by atoms with E-state index < -0.39 is 0 Å². The molecule has 2 aromatic carbocycles. The first kappa shape index (κ1) is 15.3. The molecule has 1 aliphatic heterocycles. The van der Waals surface area contributed by atoms with Gasteiger partial charge in [0.25, 0.3) is 0 Å². The highest BCUT2D eigenvalue weighted by Gasteiger charge is 2.33. The van der Waals surface area contributed by atoms with Crippen LogP contribution in [0.5, 0.6) is 0 Å². The minimum atomic E-state index is -0.255. The number of nitrogens with one attached hydrogen (secondary N) is 1. The molecule has 2 amide bonds. The third-order valence-electron chi connectivity index (χ3n) is 4.11. The Balaban J connectivity index is 1.53. The maximum absolute atomic E-state index is 12.3. The lowest BCUT2D eigenvalue weighted by atomic mass is 10.1. The van der Waals surface area contributed by atoms with Crippen LogP contribution in [0.4, 0.5) is 0 Å². The van der Waals surface area contributed by atoms with Crippen molar-refractivity contribution in [2.24, 2.45) is 5.92 Å². The molecule has 118 valence electrons. The smallest absolute Gasteiger partial charge is 0.225 e. The van der Waals surface area contributed by atoms with E-state index in [1.807, 2.05) is 60.7 Å². The molecule has 0 unspecified atom stereocenters. The summed E-state index contributed by atoms with van der Waals surface area (Å²) in [5.41, 5.74) is 2.15. The van der Waals surface area contributed by atoms with Crippen LogP contribution in [-0.4, -0.2) is 23.3 Å². The van der Waals surface area contributed by atoms with Crippen molar-refractivity contribution in [3.63, 3.8) is 0 Å². The van der Waals surface area contributed by atoms with Crippen molar-refractivity contribution in [2.75, 3.05) is 6.54 Å². The summed E-state index contributed by atoms with van der Waals surface area (Å²) >= 11 is 0. The van der Waals surface area contributed by atoms with Crippen molar-refractivity contribution in [1.29, 1.82) is 0 Å². The second kappa shape index (κ2) is 7.09. The van der Waals surface area contributed by atoms with Crippen LogP contribution in [0.3, 0.4) is 0 Å². The number of hydrogen-bond donors (Lipinski definition) is 1. The number of amides is 2. The monoisotopic (exact) mass is 308 g/mol. The highest BCUT2D eigenvalue weighted by molar-refractivity contribution is 5.89. The normalized spacial score (nSPS) is 17.3. The zero-order chi connectivity index (χ0) is 16.1. The van der Waals surface area contributed by atoms with Gasteiger partial charge in [-0.25, -0.2) is 0 Å². The third-order valence-corrected chi connectivity index (χ3v) is 4.11. The molecule has 2 aromatic rings. The molecule has 0 bridgehead atoms. The highest BCUT2D eigenvalue weighted by atomic mass is 16.2. The van der Waals surface area contributed by atoms with Crippen LogP contribution in [0.15, 0.2) is 60.7 Å². The van der Waals surface area contributed by atoms with Gasteiger partial charge in [-0.1, -0.05) is 60.7 Å². The Morgan fingerprint density at radius 2 is 1.61 bits per heavy atom. The molecule has 0 saturated carbocycles. The summed E-state index contributed by atoms with van der Waals surface area (Å²) in [5, 5.41) is 2.93. The van der Waals surface area contributed by atoms with Gasteiger partial charge in [-0.2, -0.15) is 0 Å². The van der Waals surface area contributed by atoms with Gasteiger partial charge in [-0.3, -0.25) is 9.59 Å². The molecule has 1 aliphatic rings. The van der Waals surface area contributed by atoms with Crippen molar-refractivity contribution in [3.8, 4) is 0 Å². The maximum Gasteiger partial charge on any atom is 0.225 e. The predicted octanol–water partition coefficient (Wildman–Crippen LogP) is 2.35. The second-order valence-electron chi connectivity index (χ2n) is 5.86. The summed E-state index contributed by atoms with van der Waals surface area (Å²) in [7, 11) is 0. The van der Waals surface area contributed by atoms with Crippen molar-refractivity contribution in [1.82, 2.24) is 10.2 Å². The lowest BCUT2D eigenvalue weighted by molar-refractivity contribution is -0.129. The summed E-state index contributed by atoms with van der Waals surface area (Å²) < 4.78 is 0. The van der Waals surface area contributed by atoms with E-state index in [4.69, 9.17) is 0 Å². The van der Waals surface area contributed by atoms with Gasteiger partial charge < -0.3 is 10.2 Å². The summed E-state index contributed by atoms with van der Waals surface area (Å²) in [6.07, 6.45) is 0.299. The number of benzene rings is 2. The minimum absolute atomic E-state index is 0.0437. The lowest BCUT2D eigenvalue weighted by Gasteiger charge is -2.16. The molecule has 1 heterocycles. The molecular formula is C19H20N2O2. The summed E-state index contributed by atoms with van der Waals surface area (Å²) in [6, 6.07) is 19.7. The fourth-order valence-corrected chi connectivity index (χ4v) is 2.83.